The maximum atomic E-state index is 12.2. The predicted octanol–water partition coefficient (Wildman–Crippen LogP) is 3.12. The molecule has 1 N–H and O–H groups in total. The highest BCUT2D eigenvalue weighted by Crippen LogP contribution is 2.37. The monoisotopic (exact) mass is 293 g/mol. The van der Waals surface area contributed by atoms with E-state index < -0.39 is 17.5 Å². The van der Waals surface area contributed by atoms with Crippen LogP contribution in [0, 0.1) is 0 Å². The molecule has 0 aromatic heterocycles. The number of nitrogens with one attached hydrogen (secondary N) is 1. The van der Waals surface area contributed by atoms with Crippen molar-refractivity contribution in [1.29, 1.82) is 0 Å². The van der Waals surface area contributed by atoms with Gasteiger partial charge in [-0.3, -0.25) is 0 Å². The van der Waals surface area contributed by atoms with Crippen LogP contribution in [0.15, 0.2) is 29.2 Å². The molecule has 0 saturated heterocycles. The molecule has 0 amide bonds. The third-order valence-electron chi connectivity index (χ3n) is 2.26. The Morgan fingerprint density at radius 2 is 1.95 bits per heavy atom. The first kappa shape index (κ1) is 15.8. The van der Waals surface area contributed by atoms with Crippen molar-refractivity contribution >= 4 is 17.7 Å². The highest BCUT2D eigenvalue weighted by atomic mass is 32.2. The van der Waals surface area contributed by atoms with Crippen molar-refractivity contribution in [2.45, 2.75) is 23.4 Å². The standard InChI is InChI=1S/C12H14F3NO2S/c1-3-18-11(17)10(16-2)8-4-6-9(7-5-8)19-12(13,14)15/h4-7,10,16H,3H2,1-2H3. The van der Waals surface area contributed by atoms with Crippen LogP contribution in [-0.2, 0) is 9.53 Å². The number of esters is 1. The van der Waals surface area contributed by atoms with Crippen LogP contribution in [0.1, 0.15) is 18.5 Å². The summed E-state index contributed by atoms with van der Waals surface area (Å²) in [4.78, 5) is 11.7. The zero-order chi connectivity index (χ0) is 14.5. The van der Waals surface area contributed by atoms with Crippen molar-refractivity contribution in [3.63, 3.8) is 0 Å². The predicted molar refractivity (Wildman–Crippen MR) is 66.8 cm³/mol. The van der Waals surface area contributed by atoms with E-state index in [1.807, 2.05) is 0 Å². The fourth-order valence-corrected chi connectivity index (χ4v) is 2.05. The molecule has 19 heavy (non-hydrogen) atoms. The summed E-state index contributed by atoms with van der Waals surface area (Å²) in [6.07, 6.45) is 0. The Balaban J connectivity index is 2.81. The number of carbonyl (C=O) groups is 1. The summed E-state index contributed by atoms with van der Waals surface area (Å²) < 4.78 is 41.4. The van der Waals surface area contributed by atoms with Gasteiger partial charge >= 0.3 is 11.5 Å². The van der Waals surface area contributed by atoms with Gasteiger partial charge in [0, 0.05) is 4.90 Å². The average Bonchev–Trinajstić information content (AvgIpc) is 2.30. The number of thioether (sulfide) groups is 1. The summed E-state index contributed by atoms with van der Waals surface area (Å²) in [7, 11) is 1.58. The number of ether oxygens (including phenoxy) is 1. The number of hydrogen-bond donors (Lipinski definition) is 1. The molecule has 0 aliphatic rings. The molecule has 0 aliphatic heterocycles. The lowest BCUT2D eigenvalue weighted by Gasteiger charge is -2.15. The van der Waals surface area contributed by atoms with E-state index >= 15 is 0 Å². The second kappa shape index (κ2) is 6.81. The molecule has 0 saturated carbocycles. The lowest BCUT2D eigenvalue weighted by molar-refractivity contribution is -0.145. The van der Waals surface area contributed by atoms with Crippen molar-refractivity contribution < 1.29 is 22.7 Å². The Labute approximate surface area is 113 Å². The highest BCUT2D eigenvalue weighted by molar-refractivity contribution is 8.00. The quantitative estimate of drug-likeness (QED) is 0.668. The lowest BCUT2D eigenvalue weighted by Crippen LogP contribution is -2.27. The van der Waals surface area contributed by atoms with Crippen molar-refractivity contribution in [3.8, 4) is 0 Å². The zero-order valence-electron chi connectivity index (χ0n) is 10.5. The van der Waals surface area contributed by atoms with Gasteiger partial charge in [0.25, 0.3) is 0 Å². The Hall–Kier alpha value is -1.21. The topological polar surface area (TPSA) is 38.3 Å². The van der Waals surface area contributed by atoms with Gasteiger partial charge in [0.15, 0.2) is 0 Å². The first-order valence-corrected chi connectivity index (χ1v) is 6.38. The number of rotatable bonds is 5. The molecule has 7 heteroatoms. The van der Waals surface area contributed by atoms with E-state index in [4.69, 9.17) is 4.74 Å². The molecule has 1 aromatic rings. The highest BCUT2D eigenvalue weighted by Gasteiger charge is 2.29. The van der Waals surface area contributed by atoms with Crippen molar-refractivity contribution in [1.82, 2.24) is 5.32 Å². The SMILES string of the molecule is CCOC(=O)C(NC)c1ccc(SC(F)(F)F)cc1. The van der Waals surface area contributed by atoms with Crippen LogP contribution in [0.25, 0.3) is 0 Å². The molecule has 1 atom stereocenters. The van der Waals surface area contributed by atoms with Crippen LogP contribution in [0.5, 0.6) is 0 Å². The van der Waals surface area contributed by atoms with Crippen molar-refractivity contribution in [2.24, 2.45) is 0 Å². The minimum atomic E-state index is -4.31. The van der Waals surface area contributed by atoms with Gasteiger partial charge in [-0.2, -0.15) is 13.2 Å². The fourth-order valence-electron chi connectivity index (χ4n) is 1.51. The first-order valence-electron chi connectivity index (χ1n) is 5.57. The summed E-state index contributed by atoms with van der Waals surface area (Å²) in [6, 6.07) is 4.94. The summed E-state index contributed by atoms with van der Waals surface area (Å²) in [6.45, 7) is 1.94. The van der Waals surface area contributed by atoms with Crippen LogP contribution in [-0.4, -0.2) is 25.1 Å². The van der Waals surface area contributed by atoms with Gasteiger partial charge in [-0.1, -0.05) is 12.1 Å². The lowest BCUT2D eigenvalue weighted by atomic mass is 10.1. The number of likely N-dealkylation sites (N-methyl/N-ethyl adjacent to an activating group) is 1. The van der Waals surface area contributed by atoms with Crippen LogP contribution >= 0.6 is 11.8 Å². The second-order valence-corrected chi connectivity index (χ2v) is 4.73. The summed E-state index contributed by atoms with van der Waals surface area (Å²) in [5.41, 5.74) is -3.75. The molecule has 0 bridgehead atoms. The van der Waals surface area contributed by atoms with Crippen LogP contribution < -0.4 is 5.32 Å². The van der Waals surface area contributed by atoms with Crippen LogP contribution in [0.4, 0.5) is 13.2 Å². The van der Waals surface area contributed by atoms with Gasteiger partial charge in [0.1, 0.15) is 6.04 Å². The molecule has 106 valence electrons. The molecule has 0 spiro atoms. The van der Waals surface area contributed by atoms with Gasteiger partial charge < -0.3 is 10.1 Å². The van der Waals surface area contributed by atoms with E-state index in [2.05, 4.69) is 5.32 Å². The number of benzene rings is 1. The Kier molecular flexibility index (Phi) is 5.68. The molecule has 0 heterocycles. The summed E-state index contributed by atoms with van der Waals surface area (Å²) >= 11 is -0.189. The summed E-state index contributed by atoms with van der Waals surface area (Å²) in [5, 5.41) is 2.77. The molecule has 0 fully saturated rings. The average molecular weight is 293 g/mol. The Morgan fingerprint density at radius 1 is 1.37 bits per heavy atom. The van der Waals surface area contributed by atoms with E-state index in [9.17, 15) is 18.0 Å². The second-order valence-electron chi connectivity index (χ2n) is 3.59. The van der Waals surface area contributed by atoms with Gasteiger partial charge in [-0.15, -0.1) is 0 Å². The minimum Gasteiger partial charge on any atom is -0.465 e. The van der Waals surface area contributed by atoms with E-state index in [0.717, 1.165) is 0 Å². The first-order chi connectivity index (χ1) is 8.87. The van der Waals surface area contributed by atoms with E-state index in [0.29, 0.717) is 5.56 Å². The van der Waals surface area contributed by atoms with Crippen molar-refractivity contribution in [2.75, 3.05) is 13.7 Å². The molecule has 3 nitrogen and oxygen atoms in total. The molecule has 1 rings (SSSR count). The molecule has 1 aromatic carbocycles. The largest absolute Gasteiger partial charge is 0.465 e. The van der Waals surface area contributed by atoms with E-state index in [1.165, 1.54) is 24.3 Å². The smallest absolute Gasteiger partial charge is 0.446 e. The number of alkyl halides is 3. The molecular formula is C12H14F3NO2S. The number of halogens is 3. The van der Waals surface area contributed by atoms with E-state index in [1.54, 1.807) is 14.0 Å². The number of carbonyl (C=O) groups excluding carboxylic acids is 1. The van der Waals surface area contributed by atoms with Gasteiger partial charge in [-0.05, 0) is 43.4 Å². The third-order valence-corrected chi connectivity index (χ3v) is 3.00. The Bertz CT molecular complexity index is 420. The van der Waals surface area contributed by atoms with Crippen LogP contribution in [0.3, 0.4) is 0 Å². The maximum Gasteiger partial charge on any atom is 0.446 e. The zero-order valence-corrected chi connectivity index (χ0v) is 11.3. The minimum absolute atomic E-state index is 0.0787. The fraction of sp³-hybridized carbons (Fsp3) is 0.417. The summed E-state index contributed by atoms with van der Waals surface area (Å²) in [5.74, 6) is -0.457. The normalized spacial score (nSPS) is 13.1. The number of hydrogen-bond acceptors (Lipinski definition) is 4. The van der Waals surface area contributed by atoms with Crippen molar-refractivity contribution in [3.05, 3.63) is 29.8 Å². The van der Waals surface area contributed by atoms with Crippen LogP contribution in [0.2, 0.25) is 0 Å². The molecule has 1 unspecified atom stereocenters. The third kappa shape index (κ3) is 5.12. The molecule has 0 aliphatic carbocycles. The van der Waals surface area contributed by atoms with Gasteiger partial charge in [0.05, 0.1) is 6.61 Å². The van der Waals surface area contributed by atoms with Gasteiger partial charge in [-0.25, -0.2) is 4.79 Å². The maximum absolute atomic E-state index is 12.2. The molecule has 0 radical (unpaired) electrons. The van der Waals surface area contributed by atoms with Gasteiger partial charge in [0.2, 0.25) is 0 Å². The molecular weight excluding hydrogens is 279 g/mol. The Morgan fingerprint density at radius 3 is 2.37 bits per heavy atom. The van der Waals surface area contributed by atoms with E-state index in [-0.39, 0.29) is 23.3 Å².